The quantitative estimate of drug-likeness (QED) is 0.465. The summed E-state index contributed by atoms with van der Waals surface area (Å²) in [6.45, 7) is 3.83. The summed E-state index contributed by atoms with van der Waals surface area (Å²) < 4.78 is 16.3. The summed E-state index contributed by atoms with van der Waals surface area (Å²) in [5.74, 6) is -1.42. The van der Waals surface area contributed by atoms with E-state index < -0.39 is 11.8 Å². The highest BCUT2D eigenvalue weighted by atomic mass is 19.1. The SMILES string of the molecule is CC(C)c1c(C(=O)NNC(=O)c2ccc(-n3cnnn3)cc2)cnn1-c1ccc(F)cc1. The molecule has 0 aliphatic heterocycles. The van der Waals surface area contributed by atoms with Gasteiger partial charge in [0.05, 0.1) is 28.8 Å². The van der Waals surface area contributed by atoms with Gasteiger partial charge in [-0.3, -0.25) is 20.4 Å². The zero-order chi connectivity index (χ0) is 22.7. The molecule has 0 fully saturated rings. The monoisotopic (exact) mass is 434 g/mol. The number of amides is 2. The average molecular weight is 434 g/mol. The van der Waals surface area contributed by atoms with Crippen molar-refractivity contribution in [1.29, 1.82) is 0 Å². The number of aromatic nitrogens is 6. The summed E-state index contributed by atoms with van der Waals surface area (Å²) in [6.07, 6.45) is 2.86. The number of hydrogen-bond donors (Lipinski definition) is 2. The number of halogens is 1. The van der Waals surface area contributed by atoms with Crippen LogP contribution in [-0.2, 0) is 0 Å². The molecule has 0 bridgehead atoms. The molecule has 0 spiro atoms. The normalized spacial score (nSPS) is 10.9. The number of carbonyl (C=O) groups is 2. The molecule has 2 amide bonds. The maximum Gasteiger partial charge on any atom is 0.273 e. The van der Waals surface area contributed by atoms with Crippen LogP contribution in [0.2, 0.25) is 0 Å². The minimum Gasteiger partial charge on any atom is -0.267 e. The van der Waals surface area contributed by atoms with E-state index in [9.17, 15) is 14.0 Å². The first-order chi connectivity index (χ1) is 15.4. The van der Waals surface area contributed by atoms with Gasteiger partial charge >= 0.3 is 0 Å². The van der Waals surface area contributed by atoms with E-state index in [1.165, 1.54) is 29.3 Å². The lowest BCUT2D eigenvalue weighted by Crippen LogP contribution is -2.41. The summed E-state index contributed by atoms with van der Waals surface area (Å²) >= 11 is 0. The van der Waals surface area contributed by atoms with Crippen molar-refractivity contribution < 1.29 is 14.0 Å². The van der Waals surface area contributed by atoms with Gasteiger partial charge in [-0.1, -0.05) is 13.8 Å². The Bertz CT molecular complexity index is 1230. The van der Waals surface area contributed by atoms with Crippen molar-refractivity contribution in [2.75, 3.05) is 0 Å². The average Bonchev–Trinajstić information content (AvgIpc) is 3.48. The summed E-state index contributed by atoms with van der Waals surface area (Å²) in [5.41, 5.74) is 7.41. The Morgan fingerprint density at radius 3 is 2.22 bits per heavy atom. The summed E-state index contributed by atoms with van der Waals surface area (Å²) in [6, 6.07) is 12.3. The Kier molecular flexibility index (Phi) is 5.71. The van der Waals surface area contributed by atoms with E-state index >= 15 is 0 Å². The molecule has 4 aromatic rings. The number of hydrogen-bond acceptors (Lipinski definition) is 6. The van der Waals surface area contributed by atoms with Crippen molar-refractivity contribution in [2.24, 2.45) is 0 Å². The van der Waals surface area contributed by atoms with E-state index in [1.54, 1.807) is 41.1 Å². The summed E-state index contributed by atoms with van der Waals surface area (Å²) in [7, 11) is 0. The van der Waals surface area contributed by atoms with Gasteiger partial charge in [-0.2, -0.15) is 5.10 Å². The van der Waals surface area contributed by atoms with Gasteiger partial charge in [-0.25, -0.2) is 13.8 Å². The minimum atomic E-state index is -0.513. The van der Waals surface area contributed by atoms with Gasteiger partial charge in [0.15, 0.2) is 0 Å². The largest absolute Gasteiger partial charge is 0.273 e. The van der Waals surface area contributed by atoms with Crippen LogP contribution in [0.3, 0.4) is 0 Å². The van der Waals surface area contributed by atoms with Gasteiger partial charge in [0.2, 0.25) is 0 Å². The molecule has 0 unspecified atom stereocenters. The number of carbonyl (C=O) groups excluding carboxylic acids is 2. The van der Waals surface area contributed by atoms with Crippen LogP contribution in [0.15, 0.2) is 61.1 Å². The van der Waals surface area contributed by atoms with E-state index in [0.717, 1.165) is 0 Å². The maximum absolute atomic E-state index is 13.3. The van der Waals surface area contributed by atoms with Gasteiger partial charge < -0.3 is 0 Å². The third-order valence-electron chi connectivity index (χ3n) is 4.70. The van der Waals surface area contributed by atoms with Gasteiger partial charge in [-0.05, 0) is 64.9 Å². The summed E-state index contributed by atoms with van der Waals surface area (Å²) in [5, 5.41) is 15.2. The van der Waals surface area contributed by atoms with Crippen LogP contribution < -0.4 is 10.9 Å². The molecule has 11 heteroatoms. The van der Waals surface area contributed by atoms with Gasteiger partial charge in [0.25, 0.3) is 11.8 Å². The Hall–Kier alpha value is -4.41. The first kappa shape index (κ1) is 20.8. The van der Waals surface area contributed by atoms with Crippen molar-refractivity contribution in [3.63, 3.8) is 0 Å². The number of nitrogens with one attached hydrogen (secondary N) is 2. The maximum atomic E-state index is 13.3. The fourth-order valence-corrected chi connectivity index (χ4v) is 3.17. The van der Waals surface area contributed by atoms with Crippen molar-refractivity contribution >= 4 is 11.8 Å². The highest BCUT2D eigenvalue weighted by Crippen LogP contribution is 2.23. The molecule has 0 radical (unpaired) electrons. The first-order valence-electron chi connectivity index (χ1n) is 9.72. The van der Waals surface area contributed by atoms with Crippen LogP contribution in [0.5, 0.6) is 0 Å². The highest BCUT2D eigenvalue weighted by Gasteiger charge is 2.21. The molecule has 0 aliphatic carbocycles. The fraction of sp³-hybridized carbons (Fsp3) is 0.143. The molecule has 2 aromatic heterocycles. The second-order valence-electron chi connectivity index (χ2n) is 7.20. The molecule has 4 rings (SSSR count). The van der Waals surface area contributed by atoms with Crippen LogP contribution >= 0.6 is 0 Å². The van der Waals surface area contributed by atoms with Crippen molar-refractivity contribution in [1.82, 2.24) is 40.8 Å². The van der Waals surface area contributed by atoms with Crippen molar-refractivity contribution in [3.8, 4) is 11.4 Å². The van der Waals surface area contributed by atoms with E-state index in [-0.39, 0.29) is 11.7 Å². The number of nitrogens with zero attached hydrogens (tertiary/aromatic N) is 6. The van der Waals surface area contributed by atoms with Crippen LogP contribution in [0.4, 0.5) is 4.39 Å². The third kappa shape index (κ3) is 4.21. The lowest BCUT2D eigenvalue weighted by atomic mass is 10.1. The van der Waals surface area contributed by atoms with Crippen molar-refractivity contribution in [2.45, 2.75) is 19.8 Å². The molecule has 10 nitrogen and oxygen atoms in total. The number of benzene rings is 2. The number of tetrazole rings is 1. The second-order valence-corrected chi connectivity index (χ2v) is 7.20. The fourth-order valence-electron chi connectivity index (χ4n) is 3.17. The van der Waals surface area contributed by atoms with Crippen LogP contribution in [0.25, 0.3) is 11.4 Å². The molecule has 2 heterocycles. The Balaban J connectivity index is 1.47. The lowest BCUT2D eigenvalue weighted by molar-refractivity contribution is 0.0846. The predicted molar refractivity (Wildman–Crippen MR) is 112 cm³/mol. The minimum absolute atomic E-state index is 0.0576. The standard InChI is InChI=1S/C21H19FN8O2/c1-13(2)19-18(11-24-30(19)17-9-5-15(22)6-10-17)21(32)26-25-20(31)14-3-7-16(8-4-14)29-12-23-27-28-29/h3-13H,1-2H3,(H,25,31)(H,26,32). The molecular weight excluding hydrogens is 415 g/mol. The Labute approximate surface area is 182 Å². The molecule has 0 saturated carbocycles. The first-order valence-corrected chi connectivity index (χ1v) is 9.72. The zero-order valence-corrected chi connectivity index (χ0v) is 17.2. The van der Waals surface area contributed by atoms with Gasteiger partial charge in [0, 0.05) is 5.56 Å². The third-order valence-corrected chi connectivity index (χ3v) is 4.70. The molecule has 0 aliphatic rings. The molecule has 162 valence electrons. The molecule has 0 atom stereocenters. The smallest absolute Gasteiger partial charge is 0.267 e. The van der Waals surface area contributed by atoms with E-state index in [2.05, 4.69) is 31.5 Å². The van der Waals surface area contributed by atoms with Gasteiger partial charge in [0.1, 0.15) is 12.1 Å². The highest BCUT2D eigenvalue weighted by molar-refractivity contribution is 5.99. The number of rotatable bonds is 5. The van der Waals surface area contributed by atoms with E-state index in [1.807, 2.05) is 13.8 Å². The molecule has 32 heavy (non-hydrogen) atoms. The second kappa shape index (κ2) is 8.76. The summed E-state index contributed by atoms with van der Waals surface area (Å²) in [4.78, 5) is 25.2. The molecule has 2 aromatic carbocycles. The Morgan fingerprint density at radius 1 is 0.938 bits per heavy atom. The predicted octanol–water partition coefficient (Wildman–Crippen LogP) is 2.19. The van der Waals surface area contributed by atoms with E-state index in [0.29, 0.717) is 28.2 Å². The zero-order valence-electron chi connectivity index (χ0n) is 17.2. The topological polar surface area (TPSA) is 120 Å². The van der Waals surface area contributed by atoms with Crippen molar-refractivity contribution in [3.05, 3.63) is 83.7 Å². The lowest BCUT2D eigenvalue weighted by Gasteiger charge is -2.13. The number of hydrazine groups is 1. The molecule has 0 saturated heterocycles. The van der Waals surface area contributed by atoms with Crippen LogP contribution in [-0.4, -0.2) is 41.8 Å². The molecule has 2 N–H and O–H groups in total. The van der Waals surface area contributed by atoms with Crippen LogP contribution in [0.1, 0.15) is 46.2 Å². The molecular formula is C21H19FN8O2. The van der Waals surface area contributed by atoms with Crippen LogP contribution in [0, 0.1) is 5.82 Å². The Morgan fingerprint density at radius 2 is 1.59 bits per heavy atom. The van der Waals surface area contributed by atoms with Gasteiger partial charge in [-0.15, -0.1) is 5.10 Å². The van der Waals surface area contributed by atoms with E-state index in [4.69, 9.17) is 0 Å².